The lowest BCUT2D eigenvalue weighted by molar-refractivity contribution is -0.383. The predicted octanol–water partition coefficient (Wildman–Crippen LogP) is 4.06. The Hall–Kier alpha value is -2.81. The third-order valence-electron chi connectivity index (χ3n) is 4.25. The highest BCUT2D eigenvalue weighted by atomic mass is 35.5. The third-order valence-corrected chi connectivity index (χ3v) is 4.58. The first kappa shape index (κ1) is 19.9. The SMILES string of the molecule is COCOCCc1ccc([N+](=O)[O-])c2c(-c3cc(F)ccc3Cl)c[nH]c(=O)c12. The number of ether oxygens (including phenoxy) is 2. The number of nitro groups is 1. The zero-order valence-corrected chi connectivity index (χ0v) is 15.6. The Balaban J connectivity index is 2.28. The molecular weight excluding hydrogens is 391 g/mol. The first-order chi connectivity index (χ1) is 13.4. The first-order valence-corrected chi connectivity index (χ1v) is 8.65. The van der Waals surface area contributed by atoms with Crippen LogP contribution in [0.2, 0.25) is 5.02 Å². The minimum atomic E-state index is -0.580. The maximum atomic E-state index is 13.8. The molecule has 0 saturated heterocycles. The molecular formula is C19H16ClFN2O5. The van der Waals surface area contributed by atoms with Gasteiger partial charge in [-0.15, -0.1) is 0 Å². The molecule has 3 rings (SSSR count). The number of nitrogens with zero attached hydrogens (tertiary/aromatic N) is 1. The van der Waals surface area contributed by atoms with E-state index in [0.717, 1.165) is 0 Å². The number of hydrogen-bond acceptors (Lipinski definition) is 5. The van der Waals surface area contributed by atoms with Crippen LogP contribution in [0.5, 0.6) is 0 Å². The molecule has 1 N–H and O–H groups in total. The zero-order chi connectivity index (χ0) is 20.3. The maximum Gasteiger partial charge on any atom is 0.278 e. The van der Waals surface area contributed by atoms with Crippen LogP contribution in [0.25, 0.3) is 21.9 Å². The Morgan fingerprint density at radius 3 is 2.71 bits per heavy atom. The fraction of sp³-hybridized carbons (Fsp3) is 0.211. The van der Waals surface area contributed by atoms with Gasteiger partial charge in [-0.25, -0.2) is 4.39 Å². The number of aromatic nitrogens is 1. The lowest BCUT2D eigenvalue weighted by atomic mass is 9.95. The fourth-order valence-electron chi connectivity index (χ4n) is 3.05. The Morgan fingerprint density at radius 2 is 2.00 bits per heavy atom. The topological polar surface area (TPSA) is 94.5 Å². The minimum Gasteiger partial charge on any atom is -0.359 e. The van der Waals surface area contributed by atoms with Crippen LogP contribution in [0, 0.1) is 15.9 Å². The van der Waals surface area contributed by atoms with Gasteiger partial charge in [0, 0.05) is 35.5 Å². The number of nitro benzene ring substituents is 1. The monoisotopic (exact) mass is 406 g/mol. The van der Waals surface area contributed by atoms with Gasteiger partial charge in [-0.1, -0.05) is 17.7 Å². The molecule has 146 valence electrons. The molecule has 0 spiro atoms. The molecule has 1 aromatic heterocycles. The second-order valence-corrected chi connectivity index (χ2v) is 6.38. The van der Waals surface area contributed by atoms with Gasteiger partial charge in [0.05, 0.1) is 22.3 Å². The van der Waals surface area contributed by atoms with Gasteiger partial charge in [-0.2, -0.15) is 0 Å². The van der Waals surface area contributed by atoms with E-state index >= 15 is 0 Å². The zero-order valence-electron chi connectivity index (χ0n) is 14.8. The van der Waals surface area contributed by atoms with E-state index in [0.29, 0.717) is 12.0 Å². The summed E-state index contributed by atoms with van der Waals surface area (Å²) in [5, 5.41) is 12.1. The maximum absolute atomic E-state index is 13.8. The van der Waals surface area contributed by atoms with Crippen LogP contribution in [-0.4, -0.2) is 30.4 Å². The predicted molar refractivity (Wildman–Crippen MR) is 103 cm³/mol. The highest BCUT2D eigenvalue weighted by molar-refractivity contribution is 6.33. The van der Waals surface area contributed by atoms with Gasteiger partial charge in [0.15, 0.2) is 0 Å². The van der Waals surface area contributed by atoms with Gasteiger partial charge in [-0.05, 0) is 30.2 Å². The van der Waals surface area contributed by atoms with E-state index in [-0.39, 0.29) is 46.0 Å². The van der Waals surface area contributed by atoms with E-state index in [9.17, 15) is 19.3 Å². The van der Waals surface area contributed by atoms with Gasteiger partial charge >= 0.3 is 0 Å². The number of hydrogen-bond donors (Lipinski definition) is 1. The van der Waals surface area contributed by atoms with Crippen molar-refractivity contribution in [2.45, 2.75) is 6.42 Å². The lowest BCUT2D eigenvalue weighted by Crippen LogP contribution is -2.12. The number of rotatable bonds is 7. The number of benzene rings is 2. The van der Waals surface area contributed by atoms with Crippen molar-refractivity contribution in [1.29, 1.82) is 0 Å². The molecule has 7 nitrogen and oxygen atoms in total. The normalized spacial score (nSPS) is 11.1. The number of fused-ring (bicyclic) bond motifs is 1. The number of non-ortho nitro benzene ring substituents is 1. The number of H-pyrrole nitrogens is 1. The summed E-state index contributed by atoms with van der Waals surface area (Å²) in [6, 6.07) is 6.56. The Morgan fingerprint density at radius 1 is 1.21 bits per heavy atom. The van der Waals surface area contributed by atoms with Crippen LogP contribution in [-0.2, 0) is 15.9 Å². The molecule has 3 aromatic rings. The molecule has 2 aromatic carbocycles. The van der Waals surface area contributed by atoms with Gasteiger partial charge in [-0.3, -0.25) is 14.9 Å². The summed E-state index contributed by atoms with van der Waals surface area (Å²) in [7, 11) is 1.49. The smallest absolute Gasteiger partial charge is 0.278 e. The summed E-state index contributed by atoms with van der Waals surface area (Å²) in [6.45, 7) is 0.344. The van der Waals surface area contributed by atoms with E-state index in [1.807, 2.05) is 0 Å². The van der Waals surface area contributed by atoms with Crippen LogP contribution >= 0.6 is 11.6 Å². The third kappa shape index (κ3) is 3.89. The summed E-state index contributed by atoms with van der Waals surface area (Å²) in [4.78, 5) is 26.2. The molecule has 0 aliphatic rings. The molecule has 0 radical (unpaired) electrons. The molecule has 0 unspecified atom stereocenters. The molecule has 28 heavy (non-hydrogen) atoms. The van der Waals surface area contributed by atoms with E-state index in [1.54, 1.807) is 0 Å². The highest BCUT2D eigenvalue weighted by Crippen LogP contribution is 2.38. The van der Waals surface area contributed by atoms with Crippen molar-refractivity contribution in [2.24, 2.45) is 0 Å². The van der Waals surface area contributed by atoms with E-state index in [2.05, 4.69) is 4.98 Å². The molecule has 0 bridgehead atoms. The van der Waals surface area contributed by atoms with Crippen molar-refractivity contribution in [3.8, 4) is 11.1 Å². The number of halogens is 2. The van der Waals surface area contributed by atoms with Gasteiger partial charge in [0.25, 0.3) is 11.2 Å². The van der Waals surface area contributed by atoms with Crippen LogP contribution in [0.3, 0.4) is 0 Å². The molecule has 9 heteroatoms. The number of pyridine rings is 1. The average Bonchev–Trinajstić information content (AvgIpc) is 2.67. The summed E-state index contributed by atoms with van der Waals surface area (Å²) in [5.41, 5.74) is 0.325. The Bertz CT molecular complexity index is 1100. The Kier molecular flexibility index (Phi) is 6.03. The van der Waals surface area contributed by atoms with E-state index < -0.39 is 16.3 Å². The van der Waals surface area contributed by atoms with Crippen molar-refractivity contribution < 1.29 is 18.8 Å². The van der Waals surface area contributed by atoms with Crippen LogP contribution in [0.15, 0.2) is 41.3 Å². The van der Waals surface area contributed by atoms with Crippen LogP contribution in [0.4, 0.5) is 10.1 Å². The molecule has 0 aliphatic carbocycles. The molecule has 0 fully saturated rings. The molecule has 0 aliphatic heterocycles. The molecule has 1 heterocycles. The second kappa shape index (κ2) is 8.47. The Labute approximate surface area is 163 Å². The summed E-state index contributed by atoms with van der Waals surface area (Å²) < 4.78 is 23.9. The highest BCUT2D eigenvalue weighted by Gasteiger charge is 2.22. The minimum absolute atomic E-state index is 0.0887. The standard InChI is InChI=1S/C19H16ClFN2O5/c1-27-10-28-7-6-11-2-5-16(23(25)26)18-14(9-22-19(24)17(11)18)13-8-12(21)3-4-15(13)20/h2-5,8-9H,6-7,10H2,1H3,(H,22,24). The molecule has 0 atom stereocenters. The van der Waals surface area contributed by atoms with Gasteiger partial charge < -0.3 is 14.5 Å². The number of methoxy groups -OCH3 is 1. The fourth-order valence-corrected chi connectivity index (χ4v) is 3.27. The summed E-state index contributed by atoms with van der Waals surface area (Å²) in [6.07, 6.45) is 1.64. The van der Waals surface area contributed by atoms with Gasteiger partial charge in [0.2, 0.25) is 0 Å². The van der Waals surface area contributed by atoms with Crippen molar-refractivity contribution in [2.75, 3.05) is 20.5 Å². The molecule has 0 amide bonds. The van der Waals surface area contributed by atoms with E-state index in [1.165, 1.54) is 43.6 Å². The largest absolute Gasteiger partial charge is 0.359 e. The van der Waals surface area contributed by atoms with Gasteiger partial charge in [0.1, 0.15) is 12.6 Å². The summed E-state index contributed by atoms with van der Waals surface area (Å²) in [5.74, 6) is -0.550. The van der Waals surface area contributed by atoms with Crippen LogP contribution in [0.1, 0.15) is 5.56 Å². The molecule has 0 saturated carbocycles. The lowest BCUT2D eigenvalue weighted by Gasteiger charge is -2.12. The van der Waals surface area contributed by atoms with Crippen molar-refractivity contribution in [3.05, 3.63) is 73.4 Å². The van der Waals surface area contributed by atoms with Crippen molar-refractivity contribution >= 4 is 28.1 Å². The number of aromatic amines is 1. The first-order valence-electron chi connectivity index (χ1n) is 8.27. The number of nitrogens with one attached hydrogen (secondary N) is 1. The van der Waals surface area contributed by atoms with Crippen molar-refractivity contribution in [3.63, 3.8) is 0 Å². The quantitative estimate of drug-likeness (QED) is 0.276. The van der Waals surface area contributed by atoms with E-state index in [4.69, 9.17) is 21.1 Å². The van der Waals surface area contributed by atoms with Crippen molar-refractivity contribution in [1.82, 2.24) is 4.98 Å². The average molecular weight is 407 g/mol. The summed E-state index contributed by atoms with van der Waals surface area (Å²) >= 11 is 6.20. The van der Waals surface area contributed by atoms with Crippen LogP contribution < -0.4 is 5.56 Å². The second-order valence-electron chi connectivity index (χ2n) is 5.97.